The van der Waals surface area contributed by atoms with Gasteiger partial charge < -0.3 is 9.84 Å². The lowest BCUT2D eigenvalue weighted by Crippen LogP contribution is -2.41. The van der Waals surface area contributed by atoms with Crippen LogP contribution in [0.25, 0.3) is 0 Å². The maximum Gasteiger partial charge on any atom is 0.312 e. The van der Waals surface area contributed by atoms with E-state index in [9.17, 15) is 9.90 Å². The largest absolute Gasteiger partial charge is 0.466 e. The van der Waals surface area contributed by atoms with Gasteiger partial charge in [0, 0.05) is 4.47 Å². The van der Waals surface area contributed by atoms with Gasteiger partial charge in [-0.3, -0.25) is 4.79 Å². The maximum absolute atomic E-state index is 12.1. The maximum atomic E-state index is 12.1. The molecule has 0 aromatic heterocycles. The summed E-state index contributed by atoms with van der Waals surface area (Å²) in [7, 11) is 0. The van der Waals surface area contributed by atoms with Gasteiger partial charge in [0.2, 0.25) is 0 Å². The highest BCUT2D eigenvalue weighted by Crippen LogP contribution is 2.35. The molecular formula is C15H21BrO3. The van der Waals surface area contributed by atoms with Crippen LogP contribution in [0.2, 0.25) is 0 Å². The molecule has 1 N–H and O–H groups in total. The van der Waals surface area contributed by atoms with Crippen molar-refractivity contribution in [2.24, 2.45) is 11.8 Å². The van der Waals surface area contributed by atoms with Gasteiger partial charge in [0.15, 0.2) is 0 Å². The third-order valence-corrected chi connectivity index (χ3v) is 3.77. The molecule has 0 heterocycles. The van der Waals surface area contributed by atoms with Crippen molar-refractivity contribution in [3.05, 3.63) is 34.3 Å². The summed E-state index contributed by atoms with van der Waals surface area (Å²) in [5.41, 5.74) is -0.538. The van der Waals surface area contributed by atoms with Crippen LogP contribution < -0.4 is 0 Å². The van der Waals surface area contributed by atoms with Crippen molar-refractivity contribution in [3.8, 4) is 0 Å². The van der Waals surface area contributed by atoms with E-state index in [2.05, 4.69) is 15.9 Å². The number of esters is 1. The van der Waals surface area contributed by atoms with E-state index in [1.807, 2.05) is 38.1 Å². The highest BCUT2D eigenvalue weighted by atomic mass is 79.9. The summed E-state index contributed by atoms with van der Waals surface area (Å²) >= 11 is 3.36. The molecule has 0 aliphatic rings. The molecule has 0 saturated carbocycles. The predicted octanol–water partition coefficient (Wildman–Crippen LogP) is 3.49. The fourth-order valence-electron chi connectivity index (χ4n) is 2.35. The first-order chi connectivity index (χ1) is 8.80. The van der Waals surface area contributed by atoms with Gasteiger partial charge >= 0.3 is 5.97 Å². The Morgan fingerprint density at radius 2 is 1.89 bits per heavy atom. The highest BCUT2D eigenvalue weighted by Gasteiger charge is 2.41. The summed E-state index contributed by atoms with van der Waals surface area (Å²) in [6.45, 7) is 7.57. The highest BCUT2D eigenvalue weighted by molar-refractivity contribution is 9.10. The Morgan fingerprint density at radius 3 is 2.32 bits per heavy atom. The van der Waals surface area contributed by atoms with Crippen LogP contribution in [0.4, 0.5) is 0 Å². The number of carbonyl (C=O) groups excluding carboxylic acids is 1. The molecule has 2 atom stereocenters. The standard InChI is InChI=1S/C15H21BrO3/c1-5-19-14(17)13(10(2)3)15(4,18)11-6-8-12(16)9-7-11/h6-10,13,18H,5H2,1-4H3. The van der Waals surface area contributed by atoms with Crippen LogP contribution in [-0.2, 0) is 15.1 Å². The summed E-state index contributed by atoms with van der Waals surface area (Å²) in [6.07, 6.45) is 0. The Hall–Kier alpha value is -0.870. The van der Waals surface area contributed by atoms with Crippen LogP contribution in [0.5, 0.6) is 0 Å². The molecule has 0 saturated heterocycles. The first-order valence-corrected chi connectivity index (χ1v) is 7.25. The zero-order valence-electron chi connectivity index (χ0n) is 11.8. The smallest absolute Gasteiger partial charge is 0.312 e. The molecular weight excluding hydrogens is 308 g/mol. The molecule has 1 aromatic carbocycles. The zero-order chi connectivity index (χ0) is 14.6. The molecule has 0 aliphatic carbocycles. The molecule has 0 bridgehead atoms. The SMILES string of the molecule is CCOC(=O)C(C(C)C)C(C)(O)c1ccc(Br)cc1. The topological polar surface area (TPSA) is 46.5 Å². The lowest BCUT2D eigenvalue weighted by molar-refractivity contribution is -0.161. The van der Waals surface area contributed by atoms with Crippen molar-refractivity contribution in [1.29, 1.82) is 0 Å². The van der Waals surface area contributed by atoms with Crippen molar-refractivity contribution in [1.82, 2.24) is 0 Å². The molecule has 4 heteroatoms. The van der Waals surface area contributed by atoms with E-state index in [0.717, 1.165) is 4.47 Å². The van der Waals surface area contributed by atoms with E-state index in [-0.39, 0.29) is 11.9 Å². The van der Waals surface area contributed by atoms with Crippen LogP contribution in [0.15, 0.2) is 28.7 Å². The molecule has 0 spiro atoms. The van der Waals surface area contributed by atoms with E-state index in [4.69, 9.17) is 4.74 Å². The molecule has 19 heavy (non-hydrogen) atoms. The fraction of sp³-hybridized carbons (Fsp3) is 0.533. The van der Waals surface area contributed by atoms with Gasteiger partial charge in [-0.1, -0.05) is 41.9 Å². The fourth-order valence-corrected chi connectivity index (χ4v) is 2.61. The van der Waals surface area contributed by atoms with Crippen LogP contribution >= 0.6 is 15.9 Å². The predicted molar refractivity (Wildman–Crippen MR) is 78.7 cm³/mol. The van der Waals surface area contributed by atoms with Gasteiger partial charge in [-0.2, -0.15) is 0 Å². The van der Waals surface area contributed by atoms with Gasteiger partial charge in [-0.15, -0.1) is 0 Å². The second kappa shape index (κ2) is 6.53. The van der Waals surface area contributed by atoms with Gasteiger partial charge in [-0.05, 0) is 37.5 Å². The van der Waals surface area contributed by atoms with Gasteiger partial charge in [0.1, 0.15) is 5.60 Å². The average Bonchev–Trinajstić information content (AvgIpc) is 2.28. The number of hydrogen-bond donors (Lipinski definition) is 1. The van der Waals surface area contributed by atoms with Crippen LogP contribution in [0.1, 0.15) is 33.3 Å². The Kier molecular flexibility index (Phi) is 5.56. The molecule has 1 aromatic rings. The first kappa shape index (κ1) is 16.2. The van der Waals surface area contributed by atoms with Gasteiger partial charge in [-0.25, -0.2) is 0 Å². The normalized spacial score (nSPS) is 15.9. The minimum absolute atomic E-state index is 0.0160. The van der Waals surface area contributed by atoms with E-state index >= 15 is 0 Å². The lowest BCUT2D eigenvalue weighted by atomic mass is 9.76. The molecule has 0 aliphatic heterocycles. The molecule has 0 fully saturated rings. The number of aliphatic hydroxyl groups is 1. The minimum Gasteiger partial charge on any atom is -0.466 e. The minimum atomic E-state index is -1.25. The summed E-state index contributed by atoms with van der Waals surface area (Å²) in [6, 6.07) is 7.34. The molecule has 1 rings (SSSR count). The first-order valence-electron chi connectivity index (χ1n) is 6.45. The van der Waals surface area contributed by atoms with E-state index in [1.54, 1.807) is 13.8 Å². The third-order valence-electron chi connectivity index (χ3n) is 3.24. The van der Waals surface area contributed by atoms with Crippen molar-refractivity contribution < 1.29 is 14.6 Å². The zero-order valence-corrected chi connectivity index (χ0v) is 13.4. The Labute approximate surface area is 123 Å². The van der Waals surface area contributed by atoms with Crippen LogP contribution in [0, 0.1) is 11.8 Å². The monoisotopic (exact) mass is 328 g/mol. The average molecular weight is 329 g/mol. The van der Waals surface area contributed by atoms with E-state index < -0.39 is 11.5 Å². The number of halogens is 1. The van der Waals surface area contributed by atoms with Crippen LogP contribution in [0.3, 0.4) is 0 Å². The lowest BCUT2D eigenvalue weighted by Gasteiger charge is -2.34. The molecule has 106 valence electrons. The number of rotatable bonds is 5. The van der Waals surface area contributed by atoms with E-state index in [1.165, 1.54) is 0 Å². The second-order valence-corrected chi connectivity index (χ2v) is 6.04. The molecule has 0 radical (unpaired) electrons. The van der Waals surface area contributed by atoms with Gasteiger partial charge in [0.25, 0.3) is 0 Å². The third kappa shape index (κ3) is 3.80. The number of carbonyl (C=O) groups is 1. The molecule has 2 unspecified atom stereocenters. The Morgan fingerprint density at radius 1 is 1.37 bits per heavy atom. The number of hydrogen-bond acceptors (Lipinski definition) is 3. The van der Waals surface area contributed by atoms with Crippen molar-refractivity contribution in [2.45, 2.75) is 33.3 Å². The van der Waals surface area contributed by atoms with Crippen molar-refractivity contribution in [3.63, 3.8) is 0 Å². The number of benzene rings is 1. The summed E-state index contributed by atoms with van der Waals surface area (Å²) in [5.74, 6) is -0.961. The summed E-state index contributed by atoms with van der Waals surface area (Å²) in [4.78, 5) is 12.1. The number of ether oxygens (including phenoxy) is 1. The van der Waals surface area contributed by atoms with Crippen molar-refractivity contribution in [2.75, 3.05) is 6.61 Å². The van der Waals surface area contributed by atoms with E-state index in [0.29, 0.717) is 12.2 Å². The van der Waals surface area contributed by atoms with Crippen LogP contribution in [-0.4, -0.2) is 17.7 Å². The molecule has 0 amide bonds. The molecule has 3 nitrogen and oxygen atoms in total. The Balaban J connectivity index is 3.12. The second-order valence-electron chi connectivity index (χ2n) is 5.13. The quantitative estimate of drug-likeness (QED) is 0.841. The summed E-state index contributed by atoms with van der Waals surface area (Å²) in [5, 5.41) is 10.8. The summed E-state index contributed by atoms with van der Waals surface area (Å²) < 4.78 is 6.02. The van der Waals surface area contributed by atoms with Crippen molar-refractivity contribution >= 4 is 21.9 Å². The Bertz CT molecular complexity index is 424. The van der Waals surface area contributed by atoms with Gasteiger partial charge in [0.05, 0.1) is 12.5 Å².